The Bertz CT molecular complexity index is 973. The number of amides is 1. The molecule has 2 N–H and O–H groups in total. The van der Waals surface area contributed by atoms with Gasteiger partial charge >= 0.3 is 0 Å². The van der Waals surface area contributed by atoms with Gasteiger partial charge in [0.15, 0.2) is 0 Å². The number of nitrogens with zero attached hydrogens (tertiary/aromatic N) is 6. The van der Waals surface area contributed by atoms with Crippen LogP contribution in [0.2, 0.25) is 0 Å². The van der Waals surface area contributed by atoms with Crippen LogP contribution in [-0.4, -0.2) is 83.0 Å². The first-order chi connectivity index (χ1) is 13.5. The molecule has 0 bridgehead atoms. The molecule has 1 aliphatic heterocycles. The van der Waals surface area contributed by atoms with Crippen LogP contribution < -0.4 is 10.2 Å². The molecule has 0 aromatic carbocycles. The van der Waals surface area contributed by atoms with Gasteiger partial charge in [0.1, 0.15) is 11.5 Å². The highest BCUT2D eigenvalue weighted by Crippen LogP contribution is 2.20. The topological polar surface area (TPSA) is 93.3 Å². The zero-order valence-electron chi connectivity index (χ0n) is 16.3. The molecule has 3 aromatic heterocycles. The first-order valence-corrected chi connectivity index (χ1v) is 9.23. The lowest BCUT2D eigenvalue weighted by Gasteiger charge is -2.33. The standard InChI is InChI=1S/C19H24N8O/c1-25(2)18(28)15-10-14-16(22-15)12-21-19(23-14)24-17-5-4-13(11-20-17)27-8-6-26(3)7-9-27/h4-5,10-12,22H,6-9H2,1-3H3,(H,20,21,23,24). The zero-order chi connectivity index (χ0) is 19.7. The fourth-order valence-electron chi connectivity index (χ4n) is 3.16. The van der Waals surface area contributed by atoms with Gasteiger partial charge in [-0.15, -0.1) is 0 Å². The molecule has 1 fully saturated rings. The fourth-order valence-corrected chi connectivity index (χ4v) is 3.16. The van der Waals surface area contributed by atoms with E-state index >= 15 is 0 Å². The fraction of sp³-hybridized carbons (Fsp3) is 0.368. The molecular weight excluding hydrogens is 356 g/mol. The average molecular weight is 380 g/mol. The van der Waals surface area contributed by atoms with Crippen LogP contribution in [0, 0.1) is 0 Å². The molecule has 0 aliphatic carbocycles. The number of hydrogen-bond acceptors (Lipinski definition) is 7. The van der Waals surface area contributed by atoms with Gasteiger partial charge in [-0.3, -0.25) is 4.79 Å². The molecule has 0 spiro atoms. The number of pyridine rings is 1. The minimum absolute atomic E-state index is 0.103. The van der Waals surface area contributed by atoms with E-state index in [2.05, 4.69) is 48.2 Å². The van der Waals surface area contributed by atoms with Crippen molar-refractivity contribution in [2.45, 2.75) is 0 Å². The Morgan fingerprint density at radius 1 is 1.14 bits per heavy atom. The summed E-state index contributed by atoms with van der Waals surface area (Å²) in [6.07, 6.45) is 3.53. The molecule has 1 aliphatic rings. The van der Waals surface area contributed by atoms with Gasteiger partial charge in [0.2, 0.25) is 5.95 Å². The van der Waals surface area contributed by atoms with Crippen LogP contribution in [0.25, 0.3) is 11.0 Å². The quantitative estimate of drug-likeness (QED) is 0.709. The molecule has 3 aromatic rings. The van der Waals surface area contributed by atoms with Crippen LogP contribution >= 0.6 is 0 Å². The van der Waals surface area contributed by atoms with Gasteiger partial charge in [0.25, 0.3) is 5.91 Å². The lowest BCUT2D eigenvalue weighted by atomic mass is 10.3. The van der Waals surface area contributed by atoms with Crippen molar-refractivity contribution in [1.82, 2.24) is 29.7 Å². The number of rotatable bonds is 4. The van der Waals surface area contributed by atoms with Gasteiger partial charge in [-0.25, -0.2) is 15.0 Å². The van der Waals surface area contributed by atoms with Crippen molar-refractivity contribution in [3.8, 4) is 0 Å². The van der Waals surface area contributed by atoms with E-state index in [1.807, 2.05) is 12.3 Å². The smallest absolute Gasteiger partial charge is 0.269 e. The number of aromatic nitrogens is 4. The highest BCUT2D eigenvalue weighted by Gasteiger charge is 2.15. The Kier molecular flexibility index (Phi) is 4.82. The van der Waals surface area contributed by atoms with Crippen molar-refractivity contribution >= 4 is 34.4 Å². The minimum atomic E-state index is -0.103. The normalized spacial score (nSPS) is 15.0. The van der Waals surface area contributed by atoms with Crippen LogP contribution in [0.1, 0.15) is 10.5 Å². The van der Waals surface area contributed by atoms with Crippen molar-refractivity contribution in [1.29, 1.82) is 0 Å². The maximum atomic E-state index is 12.1. The third-order valence-corrected chi connectivity index (χ3v) is 4.86. The summed E-state index contributed by atoms with van der Waals surface area (Å²) in [5.74, 6) is 1.02. The Morgan fingerprint density at radius 3 is 2.61 bits per heavy atom. The Hall–Kier alpha value is -3.20. The van der Waals surface area contributed by atoms with E-state index < -0.39 is 0 Å². The van der Waals surface area contributed by atoms with E-state index in [1.165, 1.54) is 4.90 Å². The van der Waals surface area contributed by atoms with E-state index in [-0.39, 0.29) is 5.91 Å². The molecule has 1 amide bonds. The van der Waals surface area contributed by atoms with Gasteiger partial charge in [-0.1, -0.05) is 0 Å². The molecule has 28 heavy (non-hydrogen) atoms. The molecular formula is C19H24N8O. The Balaban J connectivity index is 1.47. The van der Waals surface area contributed by atoms with Crippen molar-refractivity contribution in [3.05, 3.63) is 36.3 Å². The Morgan fingerprint density at radius 2 is 1.93 bits per heavy atom. The molecule has 9 nitrogen and oxygen atoms in total. The zero-order valence-corrected chi connectivity index (χ0v) is 16.3. The molecule has 4 rings (SSSR count). The van der Waals surface area contributed by atoms with E-state index in [9.17, 15) is 4.79 Å². The van der Waals surface area contributed by atoms with Gasteiger partial charge in [0.05, 0.1) is 29.1 Å². The third-order valence-electron chi connectivity index (χ3n) is 4.86. The van der Waals surface area contributed by atoms with Crippen LogP contribution in [0.5, 0.6) is 0 Å². The molecule has 9 heteroatoms. The first kappa shape index (κ1) is 18.2. The van der Waals surface area contributed by atoms with Gasteiger partial charge in [0, 0.05) is 40.3 Å². The number of carbonyl (C=O) groups is 1. The maximum Gasteiger partial charge on any atom is 0.269 e. The summed E-state index contributed by atoms with van der Waals surface area (Å²) in [6, 6.07) is 5.72. The predicted molar refractivity (Wildman–Crippen MR) is 109 cm³/mol. The minimum Gasteiger partial charge on any atom is -0.368 e. The molecule has 4 heterocycles. The summed E-state index contributed by atoms with van der Waals surface area (Å²) in [7, 11) is 5.57. The molecule has 1 saturated heterocycles. The second kappa shape index (κ2) is 7.43. The second-order valence-corrected chi connectivity index (χ2v) is 7.19. The number of anilines is 3. The number of likely N-dealkylation sites (N-methyl/N-ethyl adjacent to an activating group) is 1. The summed E-state index contributed by atoms with van der Waals surface area (Å²) in [5, 5.41) is 3.13. The van der Waals surface area contributed by atoms with Crippen molar-refractivity contribution in [2.24, 2.45) is 0 Å². The van der Waals surface area contributed by atoms with Crippen LogP contribution in [0.4, 0.5) is 17.5 Å². The van der Waals surface area contributed by atoms with E-state index in [0.717, 1.165) is 31.9 Å². The number of carbonyl (C=O) groups excluding carboxylic acids is 1. The number of nitrogens with one attached hydrogen (secondary N) is 2. The van der Waals surface area contributed by atoms with Crippen molar-refractivity contribution < 1.29 is 4.79 Å². The number of H-pyrrole nitrogens is 1. The monoisotopic (exact) mass is 380 g/mol. The maximum absolute atomic E-state index is 12.1. The summed E-state index contributed by atoms with van der Waals surface area (Å²) >= 11 is 0. The second-order valence-electron chi connectivity index (χ2n) is 7.19. The van der Waals surface area contributed by atoms with Crippen molar-refractivity contribution in [3.63, 3.8) is 0 Å². The van der Waals surface area contributed by atoms with Crippen molar-refractivity contribution in [2.75, 3.05) is 57.5 Å². The van der Waals surface area contributed by atoms with Crippen LogP contribution in [0.15, 0.2) is 30.6 Å². The lowest BCUT2D eigenvalue weighted by molar-refractivity contribution is 0.0823. The van der Waals surface area contributed by atoms with E-state index in [1.54, 1.807) is 26.4 Å². The third kappa shape index (κ3) is 3.74. The number of fused-ring (bicyclic) bond motifs is 1. The molecule has 146 valence electrons. The molecule has 0 saturated carbocycles. The predicted octanol–water partition coefficient (Wildman–Crippen LogP) is 1.55. The van der Waals surface area contributed by atoms with Crippen LogP contribution in [0.3, 0.4) is 0 Å². The molecule has 0 atom stereocenters. The lowest BCUT2D eigenvalue weighted by Crippen LogP contribution is -2.44. The highest BCUT2D eigenvalue weighted by atomic mass is 16.2. The van der Waals surface area contributed by atoms with E-state index in [0.29, 0.717) is 28.5 Å². The summed E-state index contributed by atoms with van der Waals surface area (Å²) < 4.78 is 0. The SMILES string of the molecule is CN1CCN(c2ccc(Nc3ncc4[nH]c(C(=O)N(C)C)cc4n3)nc2)CC1. The average Bonchev–Trinajstić information content (AvgIpc) is 3.12. The van der Waals surface area contributed by atoms with E-state index in [4.69, 9.17) is 0 Å². The van der Waals surface area contributed by atoms with Gasteiger partial charge < -0.3 is 25.0 Å². The Labute approximate surface area is 163 Å². The largest absolute Gasteiger partial charge is 0.368 e. The number of hydrogen-bond donors (Lipinski definition) is 2. The molecule has 0 unspecified atom stereocenters. The first-order valence-electron chi connectivity index (χ1n) is 9.23. The summed E-state index contributed by atoms with van der Waals surface area (Å²) in [5.41, 5.74) is 3.00. The van der Waals surface area contributed by atoms with Crippen LogP contribution in [-0.2, 0) is 0 Å². The van der Waals surface area contributed by atoms with Gasteiger partial charge in [-0.2, -0.15) is 0 Å². The highest BCUT2D eigenvalue weighted by molar-refractivity contribution is 5.96. The van der Waals surface area contributed by atoms with Gasteiger partial charge in [-0.05, 0) is 25.2 Å². The number of aromatic amines is 1. The number of piperazine rings is 1. The summed E-state index contributed by atoms with van der Waals surface area (Å²) in [6.45, 7) is 4.13. The summed E-state index contributed by atoms with van der Waals surface area (Å²) in [4.78, 5) is 34.6. The molecule has 0 radical (unpaired) electrons.